The molecule has 0 spiro atoms. The second-order valence-electron chi connectivity index (χ2n) is 16.4. The van der Waals surface area contributed by atoms with Gasteiger partial charge in [-0.1, -0.05) is 71.9 Å². The van der Waals surface area contributed by atoms with Gasteiger partial charge in [-0.25, -0.2) is 19.6 Å². The summed E-state index contributed by atoms with van der Waals surface area (Å²) in [5, 5.41) is 5.47. The number of carbonyl (C=O) groups excluding carboxylic acids is 4. The van der Waals surface area contributed by atoms with Crippen LogP contribution in [0.2, 0.25) is 0 Å². The van der Waals surface area contributed by atoms with Gasteiger partial charge in [0.05, 0.1) is 49.2 Å². The van der Waals surface area contributed by atoms with E-state index in [-0.39, 0.29) is 23.9 Å². The molecule has 2 saturated heterocycles. The molecule has 4 atom stereocenters. The third kappa shape index (κ3) is 7.92. The number of carbonyl (C=O) groups is 4. The summed E-state index contributed by atoms with van der Waals surface area (Å²) < 4.78 is 9.60. The fourth-order valence-corrected chi connectivity index (χ4v) is 7.47. The lowest BCUT2D eigenvalue weighted by Crippen LogP contribution is -2.54. The number of nitrogens with one attached hydrogen (secondary N) is 4. The van der Waals surface area contributed by atoms with Crippen LogP contribution in [0.1, 0.15) is 91.0 Å². The lowest BCUT2D eigenvalue weighted by Gasteiger charge is -2.35. The normalized spacial score (nSPS) is 18.7. The highest BCUT2D eigenvalue weighted by Crippen LogP contribution is 2.37. The van der Waals surface area contributed by atoms with Crippen LogP contribution >= 0.6 is 0 Å². The van der Waals surface area contributed by atoms with Crippen LogP contribution in [0, 0.1) is 10.8 Å². The molecule has 14 nitrogen and oxygen atoms in total. The van der Waals surface area contributed by atoms with Crippen molar-refractivity contribution in [1.29, 1.82) is 0 Å². The van der Waals surface area contributed by atoms with Crippen molar-refractivity contribution >= 4 is 35.0 Å². The number of aromatic nitrogens is 4. The number of rotatable bonds is 8. The predicted molar refractivity (Wildman–Crippen MR) is 204 cm³/mol. The second kappa shape index (κ2) is 15.2. The summed E-state index contributed by atoms with van der Waals surface area (Å²) in [6.45, 7) is 12.7. The van der Waals surface area contributed by atoms with Crippen molar-refractivity contribution in [3.05, 3.63) is 60.3 Å². The molecule has 6 rings (SSSR count). The van der Waals surface area contributed by atoms with E-state index in [2.05, 4.69) is 43.8 Å². The fraction of sp³-hybridized carbons (Fsp3) is 0.500. The number of hydrogen-bond acceptors (Lipinski definition) is 8. The Kier molecular flexibility index (Phi) is 10.8. The minimum atomic E-state index is -0.748. The van der Waals surface area contributed by atoms with Gasteiger partial charge in [0.1, 0.15) is 23.7 Å². The lowest BCUT2D eigenvalue weighted by atomic mass is 9.85. The van der Waals surface area contributed by atoms with Gasteiger partial charge in [-0.2, -0.15) is 0 Å². The number of aromatic amines is 2. The van der Waals surface area contributed by atoms with Crippen LogP contribution in [0.25, 0.3) is 33.4 Å². The molecule has 54 heavy (non-hydrogen) atoms. The van der Waals surface area contributed by atoms with Gasteiger partial charge in [-0.05, 0) is 65.3 Å². The van der Waals surface area contributed by atoms with Crippen LogP contribution < -0.4 is 10.6 Å². The fourth-order valence-electron chi connectivity index (χ4n) is 7.47. The Hall–Kier alpha value is -5.40. The number of nitrogens with zero attached hydrogens (tertiary/aromatic N) is 4. The van der Waals surface area contributed by atoms with Crippen LogP contribution in [0.5, 0.6) is 0 Å². The highest BCUT2D eigenvalue weighted by molar-refractivity contribution is 5.88. The van der Waals surface area contributed by atoms with Crippen LogP contribution in [-0.2, 0) is 19.1 Å². The van der Waals surface area contributed by atoms with E-state index < -0.39 is 35.1 Å². The van der Waals surface area contributed by atoms with Gasteiger partial charge in [0.25, 0.3) is 0 Å². The summed E-state index contributed by atoms with van der Waals surface area (Å²) >= 11 is 0. The summed E-state index contributed by atoms with van der Waals surface area (Å²) in [5.41, 5.74) is 4.48. The number of fused-ring (bicyclic) bond motifs is 1. The summed E-state index contributed by atoms with van der Waals surface area (Å²) in [6, 6.07) is 12.3. The molecule has 4 heterocycles. The summed E-state index contributed by atoms with van der Waals surface area (Å²) in [6.07, 6.45) is 3.73. The molecule has 2 fully saturated rings. The molecule has 0 aliphatic carbocycles. The minimum absolute atomic E-state index is 0.155. The Morgan fingerprint density at radius 3 is 1.74 bits per heavy atom. The smallest absolute Gasteiger partial charge is 0.407 e. The Morgan fingerprint density at radius 2 is 1.22 bits per heavy atom. The van der Waals surface area contributed by atoms with Gasteiger partial charge < -0.3 is 39.9 Å². The molecule has 2 aromatic carbocycles. The van der Waals surface area contributed by atoms with Crippen molar-refractivity contribution in [3.8, 4) is 22.4 Å². The average Bonchev–Trinajstić information content (AvgIpc) is 3.96. The monoisotopic (exact) mass is 740 g/mol. The highest BCUT2D eigenvalue weighted by atomic mass is 16.5. The molecule has 14 heteroatoms. The highest BCUT2D eigenvalue weighted by Gasteiger charge is 2.42. The number of H-pyrrole nitrogens is 2. The standard InChI is InChI=1S/C40H52N8O6/c1-39(2,3)31(45-37(51)53-7)35(49)47-19-9-11-29(47)33-41-22-28(44-33)24-15-13-23(14-16-24)25-17-18-26-27(21-25)43-34(42-26)30-12-10-20-48(30)36(50)32(40(4,5)6)46-38(52)54-8/h13-18,21-22,29-32H,9-12,19-20H2,1-8H3,(H,41,44)(H,42,43)(H,45,51)(H,46,52)/t29-,30-,31+,32+/m0/s1. The Morgan fingerprint density at radius 1 is 0.722 bits per heavy atom. The molecule has 0 saturated carbocycles. The van der Waals surface area contributed by atoms with Crippen LogP contribution in [0.3, 0.4) is 0 Å². The number of likely N-dealkylation sites (tertiary alicyclic amines) is 2. The predicted octanol–water partition coefficient (Wildman–Crippen LogP) is 6.49. The number of ether oxygens (including phenoxy) is 2. The minimum Gasteiger partial charge on any atom is -0.453 e. The molecule has 4 N–H and O–H groups in total. The Balaban J connectivity index is 1.17. The second-order valence-corrected chi connectivity index (χ2v) is 16.4. The molecule has 0 radical (unpaired) electrons. The Labute approximate surface area is 315 Å². The van der Waals surface area contributed by atoms with E-state index in [1.54, 1.807) is 6.20 Å². The first kappa shape index (κ1) is 38.3. The topological polar surface area (TPSA) is 175 Å². The van der Waals surface area contributed by atoms with Crippen molar-refractivity contribution < 1.29 is 28.7 Å². The molecule has 4 amide bonds. The lowest BCUT2D eigenvalue weighted by molar-refractivity contribution is -0.137. The molecular weight excluding hydrogens is 688 g/mol. The summed E-state index contributed by atoms with van der Waals surface area (Å²) in [5.74, 6) is 1.12. The van der Waals surface area contributed by atoms with Gasteiger partial charge in [0, 0.05) is 13.1 Å². The van der Waals surface area contributed by atoms with Gasteiger partial charge in [-0.15, -0.1) is 0 Å². The van der Waals surface area contributed by atoms with Crippen molar-refractivity contribution in [2.24, 2.45) is 10.8 Å². The van der Waals surface area contributed by atoms with Crippen molar-refractivity contribution in [2.45, 2.75) is 91.4 Å². The zero-order chi connectivity index (χ0) is 38.9. The maximum Gasteiger partial charge on any atom is 0.407 e. The van der Waals surface area contributed by atoms with Gasteiger partial charge in [0.2, 0.25) is 11.8 Å². The maximum atomic E-state index is 13.8. The molecule has 2 aromatic heterocycles. The SMILES string of the molecule is COC(=O)N[C@H](C(=O)N1CCC[C@H]1c1ncc(-c2ccc(-c3ccc4nc([C@@H]5CCCN5C(=O)[C@@H](NC(=O)OC)C(C)(C)C)[nH]c4c3)cc2)[nH]1)C(C)(C)C. The molecule has 2 aliphatic heterocycles. The van der Waals surface area contributed by atoms with E-state index in [0.29, 0.717) is 18.9 Å². The average molecular weight is 741 g/mol. The van der Waals surface area contributed by atoms with E-state index in [1.165, 1.54) is 14.2 Å². The van der Waals surface area contributed by atoms with E-state index >= 15 is 0 Å². The van der Waals surface area contributed by atoms with E-state index in [4.69, 9.17) is 14.5 Å². The largest absolute Gasteiger partial charge is 0.453 e. The van der Waals surface area contributed by atoms with Crippen molar-refractivity contribution in [1.82, 2.24) is 40.4 Å². The first-order valence-corrected chi connectivity index (χ1v) is 18.5. The number of methoxy groups -OCH3 is 2. The van der Waals surface area contributed by atoms with E-state index in [1.807, 2.05) is 75.6 Å². The number of benzene rings is 2. The van der Waals surface area contributed by atoms with Gasteiger partial charge in [0.15, 0.2) is 0 Å². The van der Waals surface area contributed by atoms with Crippen LogP contribution in [-0.4, -0.2) is 93.1 Å². The maximum absolute atomic E-state index is 13.8. The number of hydrogen-bond donors (Lipinski definition) is 4. The Bertz CT molecular complexity index is 2010. The number of imidazole rings is 2. The van der Waals surface area contributed by atoms with Crippen LogP contribution in [0.4, 0.5) is 9.59 Å². The summed E-state index contributed by atoms with van der Waals surface area (Å²) in [7, 11) is 2.58. The zero-order valence-corrected chi connectivity index (χ0v) is 32.4. The van der Waals surface area contributed by atoms with Crippen molar-refractivity contribution in [2.75, 3.05) is 27.3 Å². The molecule has 288 valence electrons. The van der Waals surface area contributed by atoms with E-state index in [0.717, 1.165) is 64.9 Å². The van der Waals surface area contributed by atoms with Gasteiger partial charge in [-0.3, -0.25) is 9.59 Å². The number of alkyl carbamates (subject to hydrolysis) is 2. The first-order chi connectivity index (χ1) is 25.6. The zero-order valence-electron chi connectivity index (χ0n) is 32.4. The molecule has 4 aromatic rings. The summed E-state index contributed by atoms with van der Waals surface area (Å²) in [4.78, 5) is 71.8. The molecule has 2 aliphatic rings. The third-order valence-electron chi connectivity index (χ3n) is 10.4. The third-order valence-corrected chi connectivity index (χ3v) is 10.4. The molecular formula is C40H52N8O6. The molecule has 0 unspecified atom stereocenters. The van der Waals surface area contributed by atoms with Gasteiger partial charge >= 0.3 is 12.2 Å². The molecule has 0 bridgehead atoms. The number of amides is 4. The van der Waals surface area contributed by atoms with Crippen molar-refractivity contribution in [3.63, 3.8) is 0 Å². The van der Waals surface area contributed by atoms with E-state index in [9.17, 15) is 19.2 Å². The van der Waals surface area contributed by atoms with Crippen LogP contribution in [0.15, 0.2) is 48.7 Å². The quantitative estimate of drug-likeness (QED) is 0.159. The first-order valence-electron chi connectivity index (χ1n) is 18.5.